The number of rotatable bonds is 5. The number of carbonyl (C=O) groups is 2. The summed E-state index contributed by atoms with van der Waals surface area (Å²) in [6.07, 6.45) is 1.62. The van der Waals surface area contributed by atoms with Crippen molar-refractivity contribution in [2.45, 2.75) is 39.2 Å². The molecule has 19 heavy (non-hydrogen) atoms. The van der Waals surface area contributed by atoms with Crippen LogP contribution in [-0.4, -0.2) is 23.0 Å². The minimum absolute atomic E-state index is 0.0644. The van der Waals surface area contributed by atoms with Gasteiger partial charge in [0.2, 0.25) is 5.91 Å². The van der Waals surface area contributed by atoms with Crippen molar-refractivity contribution >= 4 is 11.9 Å². The molecule has 0 aromatic heterocycles. The van der Waals surface area contributed by atoms with Gasteiger partial charge in [-0.15, -0.1) is 0 Å². The summed E-state index contributed by atoms with van der Waals surface area (Å²) in [5.41, 5.74) is 1.21. The van der Waals surface area contributed by atoms with Crippen molar-refractivity contribution in [2.75, 3.05) is 0 Å². The predicted octanol–water partition coefficient (Wildman–Crippen LogP) is 1.91. The van der Waals surface area contributed by atoms with Crippen LogP contribution in [0.25, 0.3) is 0 Å². The first-order valence-corrected chi connectivity index (χ1v) is 6.54. The molecule has 4 heteroatoms. The monoisotopic (exact) mass is 261 g/mol. The zero-order valence-corrected chi connectivity index (χ0v) is 11.3. The largest absolute Gasteiger partial charge is 0.480 e. The number of hydrogen-bond acceptors (Lipinski definition) is 2. The Morgan fingerprint density at radius 1 is 1.37 bits per heavy atom. The molecule has 1 aliphatic rings. The normalized spacial score (nSPS) is 17.6. The molecule has 0 aliphatic heterocycles. The van der Waals surface area contributed by atoms with Crippen molar-refractivity contribution in [1.82, 2.24) is 5.32 Å². The Hall–Kier alpha value is -1.84. The second-order valence-electron chi connectivity index (χ2n) is 5.39. The molecule has 2 rings (SSSR count). The molecule has 1 aliphatic carbocycles. The highest BCUT2D eigenvalue weighted by atomic mass is 16.4. The number of amides is 1. The second kappa shape index (κ2) is 5.03. The Balaban J connectivity index is 1.95. The van der Waals surface area contributed by atoms with Gasteiger partial charge in [-0.05, 0) is 44.2 Å². The molecule has 0 saturated heterocycles. The lowest BCUT2D eigenvalue weighted by molar-refractivity contribution is -0.149. The van der Waals surface area contributed by atoms with E-state index >= 15 is 0 Å². The summed E-state index contributed by atoms with van der Waals surface area (Å²) in [5, 5.41) is 11.9. The summed E-state index contributed by atoms with van der Waals surface area (Å²) in [4.78, 5) is 23.0. The highest BCUT2D eigenvalue weighted by molar-refractivity contribution is 6.04. The standard InChI is InChI=1S/C15H19NO3/c1-10-5-3-4-6-12(10)9-11(2)16-13(17)15(7-8-15)14(18)19/h3-6,11H,7-9H2,1-2H3,(H,16,17)(H,18,19). The molecule has 1 aromatic carbocycles. The van der Waals surface area contributed by atoms with Crippen LogP contribution in [0.2, 0.25) is 0 Å². The quantitative estimate of drug-likeness (QED) is 0.796. The van der Waals surface area contributed by atoms with E-state index in [0.717, 1.165) is 0 Å². The first-order valence-electron chi connectivity index (χ1n) is 6.54. The lowest BCUT2D eigenvalue weighted by atomic mass is 10.0. The third kappa shape index (κ3) is 2.78. The van der Waals surface area contributed by atoms with Crippen LogP contribution in [0.4, 0.5) is 0 Å². The van der Waals surface area contributed by atoms with Gasteiger partial charge in [-0.2, -0.15) is 0 Å². The van der Waals surface area contributed by atoms with Crippen LogP contribution in [-0.2, 0) is 16.0 Å². The van der Waals surface area contributed by atoms with Crippen molar-refractivity contribution < 1.29 is 14.7 Å². The average molecular weight is 261 g/mol. The van der Waals surface area contributed by atoms with Gasteiger partial charge in [0.15, 0.2) is 0 Å². The smallest absolute Gasteiger partial charge is 0.319 e. The summed E-state index contributed by atoms with van der Waals surface area (Å²) < 4.78 is 0. The van der Waals surface area contributed by atoms with Crippen molar-refractivity contribution in [3.05, 3.63) is 35.4 Å². The minimum atomic E-state index is -1.15. The summed E-state index contributed by atoms with van der Waals surface area (Å²) in [7, 11) is 0. The fourth-order valence-corrected chi connectivity index (χ4v) is 2.25. The average Bonchev–Trinajstić information content (AvgIpc) is 3.13. The molecule has 4 nitrogen and oxygen atoms in total. The number of aliphatic carboxylic acids is 1. The van der Waals surface area contributed by atoms with Crippen LogP contribution in [0.1, 0.15) is 30.9 Å². The van der Waals surface area contributed by atoms with Crippen molar-refractivity contribution in [1.29, 1.82) is 0 Å². The van der Waals surface area contributed by atoms with E-state index in [1.807, 2.05) is 38.1 Å². The Kier molecular flexibility index (Phi) is 3.60. The van der Waals surface area contributed by atoms with Crippen molar-refractivity contribution in [2.24, 2.45) is 5.41 Å². The Morgan fingerprint density at radius 2 is 2.00 bits per heavy atom. The number of carbonyl (C=O) groups excluding carboxylic acids is 1. The van der Waals surface area contributed by atoms with E-state index in [9.17, 15) is 9.59 Å². The highest BCUT2D eigenvalue weighted by Crippen LogP contribution is 2.46. The first kappa shape index (κ1) is 13.6. The van der Waals surface area contributed by atoms with Crippen LogP contribution in [0.15, 0.2) is 24.3 Å². The molecule has 1 atom stereocenters. The molecule has 1 fully saturated rings. The highest BCUT2D eigenvalue weighted by Gasteiger charge is 2.57. The molecule has 102 valence electrons. The third-order valence-electron chi connectivity index (χ3n) is 3.76. The van der Waals surface area contributed by atoms with Crippen LogP contribution in [0, 0.1) is 12.3 Å². The molecule has 0 bridgehead atoms. The van der Waals surface area contributed by atoms with Crippen LogP contribution >= 0.6 is 0 Å². The van der Waals surface area contributed by atoms with E-state index in [1.54, 1.807) is 0 Å². The maximum Gasteiger partial charge on any atom is 0.319 e. The lowest BCUT2D eigenvalue weighted by Gasteiger charge is -2.18. The van der Waals surface area contributed by atoms with Crippen molar-refractivity contribution in [3.8, 4) is 0 Å². The van der Waals surface area contributed by atoms with Gasteiger partial charge in [0, 0.05) is 6.04 Å². The van der Waals surface area contributed by atoms with Gasteiger partial charge >= 0.3 is 5.97 Å². The molecule has 2 N–H and O–H groups in total. The maximum absolute atomic E-state index is 12.0. The molecule has 1 amide bonds. The zero-order valence-electron chi connectivity index (χ0n) is 11.3. The van der Waals surface area contributed by atoms with E-state index in [-0.39, 0.29) is 11.9 Å². The van der Waals surface area contributed by atoms with E-state index in [1.165, 1.54) is 11.1 Å². The lowest BCUT2D eigenvalue weighted by Crippen LogP contribution is -2.42. The summed E-state index contributed by atoms with van der Waals surface area (Å²) >= 11 is 0. The molecule has 1 saturated carbocycles. The van der Waals surface area contributed by atoms with Crippen LogP contribution in [0.5, 0.6) is 0 Å². The molecule has 1 aromatic rings. The number of nitrogens with one attached hydrogen (secondary N) is 1. The van der Waals surface area contributed by atoms with Gasteiger partial charge in [0.1, 0.15) is 5.41 Å². The van der Waals surface area contributed by atoms with Crippen LogP contribution < -0.4 is 5.32 Å². The van der Waals surface area contributed by atoms with Gasteiger partial charge in [-0.1, -0.05) is 24.3 Å². The molecule has 0 heterocycles. The molecular formula is C15H19NO3. The van der Waals surface area contributed by atoms with E-state index in [4.69, 9.17) is 5.11 Å². The number of carboxylic acid groups (broad SMARTS) is 1. The van der Waals surface area contributed by atoms with Crippen LogP contribution in [0.3, 0.4) is 0 Å². The predicted molar refractivity (Wildman–Crippen MR) is 71.8 cm³/mol. The van der Waals surface area contributed by atoms with Gasteiger partial charge < -0.3 is 10.4 Å². The number of benzene rings is 1. The topological polar surface area (TPSA) is 66.4 Å². The minimum Gasteiger partial charge on any atom is -0.480 e. The molecular weight excluding hydrogens is 242 g/mol. The number of carboxylic acids is 1. The van der Waals surface area contributed by atoms with Crippen molar-refractivity contribution in [3.63, 3.8) is 0 Å². The Morgan fingerprint density at radius 3 is 2.53 bits per heavy atom. The number of aryl methyl sites for hydroxylation is 1. The third-order valence-corrected chi connectivity index (χ3v) is 3.76. The van der Waals surface area contributed by atoms with Gasteiger partial charge in [-0.3, -0.25) is 9.59 Å². The SMILES string of the molecule is Cc1ccccc1CC(C)NC(=O)C1(C(=O)O)CC1. The Bertz CT molecular complexity index is 506. The fourth-order valence-electron chi connectivity index (χ4n) is 2.25. The second-order valence-corrected chi connectivity index (χ2v) is 5.39. The molecule has 0 spiro atoms. The van der Waals surface area contributed by atoms with Gasteiger partial charge in [-0.25, -0.2) is 0 Å². The summed E-state index contributed by atoms with van der Waals surface area (Å²) in [6, 6.07) is 7.94. The van der Waals surface area contributed by atoms with E-state index < -0.39 is 11.4 Å². The summed E-state index contributed by atoms with van der Waals surface area (Å²) in [6.45, 7) is 3.94. The Labute approximate surface area is 112 Å². The van der Waals surface area contributed by atoms with Gasteiger partial charge in [0.25, 0.3) is 0 Å². The van der Waals surface area contributed by atoms with E-state index in [0.29, 0.717) is 19.3 Å². The van der Waals surface area contributed by atoms with E-state index in [2.05, 4.69) is 5.32 Å². The molecule has 0 radical (unpaired) electrons. The number of hydrogen-bond donors (Lipinski definition) is 2. The van der Waals surface area contributed by atoms with Gasteiger partial charge in [0.05, 0.1) is 0 Å². The summed E-state index contributed by atoms with van der Waals surface area (Å²) in [5.74, 6) is -1.35. The first-order chi connectivity index (χ1) is 8.95. The maximum atomic E-state index is 12.0. The molecule has 1 unspecified atom stereocenters. The zero-order chi connectivity index (χ0) is 14.0. The fraction of sp³-hybridized carbons (Fsp3) is 0.467.